The first-order chi connectivity index (χ1) is 24.2. The van der Waals surface area contributed by atoms with E-state index < -0.39 is 71.0 Å². The molecule has 3 saturated heterocycles. The summed E-state index contributed by atoms with van der Waals surface area (Å²) in [7, 11) is 7.38. The standard InChI is InChI=1S/C37H66N6O9/c1-14-27-37(9)29(43(34(47)52-37)18-16-15-17-39-40-38)25(5)42(12)21-22(2)20-36(8,48-13)31(24(4)30(45)35(6,7)33(46)50-27)51-32-28(44)26(41(10)11)19-23(3)49-32/h22-29,31-32,44H,14-21H2,1-13H3/t22-,23?,24+,25-,26?,27-,28?,29-,31-,32+,36-,37-/m1/s1. The van der Waals surface area contributed by atoms with Gasteiger partial charge in [0.1, 0.15) is 17.6 Å². The number of unbranched alkanes of at least 4 members (excludes halogenated alkanes) is 1. The molecule has 0 aromatic carbocycles. The average molecular weight is 739 g/mol. The lowest BCUT2D eigenvalue weighted by atomic mass is 9.74. The molecule has 1 N–H and O–H groups in total. The normalized spacial score (nSPS) is 39.6. The summed E-state index contributed by atoms with van der Waals surface area (Å²) in [6.07, 6.45) is -1.96. The van der Waals surface area contributed by atoms with Gasteiger partial charge in [-0.05, 0) is 106 Å². The molecule has 12 atom stereocenters. The molecule has 3 rings (SSSR count). The average Bonchev–Trinajstić information content (AvgIpc) is 3.34. The van der Waals surface area contributed by atoms with Crippen molar-refractivity contribution >= 4 is 17.8 Å². The van der Waals surface area contributed by atoms with Gasteiger partial charge in [0, 0.05) is 49.7 Å². The van der Waals surface area contributed by atoms with Crippen LogP contribution in [0.3, 0.4) is 0 Å². The maximum Gasteiger partial charge on any atom is 0.410 e. The molecule has 1 amide bonds. The highest BCUT2D eigenvalue weighted by atomic mass is 16.7. The molecule has 15 heteroatoms. The fraction of sp³-hybridized carbons (Fsp3) is 0.919. The van der Waals surface area contributed by atoms with E-state index in [0.717, 1.165) is 0 Å². The lowest BCUT2D eigenvalue weighted by Gasteiger charge is -2.47. The number of likely N-dealkylation sites (N-methyl/N-ethyl adjacent to an activating group) is 2. The molecule has 0 aromatic rings. The Hall–Kier alpha value is -2.52. The van der Waals surface area contributed by atoms with Crippen LogP contribution in [0, 0.1) is 17.3 Å². The number of ketones is 1. The second-order valence-corrected chi connectivity index (χ2v) is 16.6. The molecule has 52 heavy (non-hydrogen) atoms. The van der Waals surface area contributed by atoms with E-state index in [1.807, 2.05) is 60.7 Å². The summed E-state index contributed by atoms with van der Waals surface area (Å²) >= 11 is 0. The number of aliphatic hydroxyl groups is 1. The van der Waals surface area contributed by atoms with Crippen LogP contribution < -0.4 is 0 Å². The lowest BCUT2D eigenvalue weighted by molar-refractivity contribution is -0.295. The third-order valence-corrected chi connectivity index (χ3v) is 11.8. The monoisotopic (exact) mass is 738 g/mol. The number of methoxy groups -OCH3 is 1. The van der Waals surface area contributed by atoms with Crippen LogP contribution >= 0.6 is 0 Å². The van der Waals surface area contributed by atoms with Crippen LogP contribution in [0.15, 0.2) is 5.11 Å². The Morgan fingerprint density at radius 3 is 2.33 bits per heavy atom. The van der Waals surface area contributed by atoms with Crippen molar-refractivity contribution in [2.75, 3.05) is 47.9 Å². The Morgan fingerprint density at radius 1 is 1.10 bits per heavy atom. The number of carbonyl (C=O) groups excluding carboxylic acids is 3. The first-order valence-corrected chi connectivity index (χ1v) is 18.9. The number of amides is 1. The molecule has 3 unspecified atom stereocenters. The highest BCUT2D eigenvalue weighted by Crippen LogP contribution is 2.42. The van der Waals surface area contributed by atoms with Crippen LogP contribution in [0.2, 0.25) is 0 Å². The molecule has 0 aliphatic carbocycles. The molecule has 3 aliphatic heterocycles. The van der Waals surface area contributed by atoms with Gasteiger partial charge in [0.25, 0.3) is 0 Å². The summed E-state index contributed by atoms with van der Waals surface area (Å²) in [4.78, 5) is 51.1. The van der Waals surface area contributed by atoms with Gasteiger partial charge in [-0.3, -0.25) is 14.5 Å². The zero-order valence-corrected chi connectivity index (χ0v) is 33.8. The number of rotatable bonds is 10. The van der Waals surface area contributed by atoms with Gasteiger partial charge in [0.15, 0.2) is 17.7 Å². The minimum Gasteiger partial charge on any atom is -0.457 e. The molecule has 0 aromatic heterocycles. The molecule has 0 bridgehead atoms. The number of cyclic esters (lactones) is 1. The fourth-order valence-electron chi connectivity index (χ4n) is 8.72. The molecule has 3 fully saturated rings. The number of aliphatic hydroxyl groups excluding tert-OH is 1. The van der Waals surface area contributed by atoms with Crippen molar-refractivity contribution in [3.05, 3.63) is 10.4 Å². The summed E-state index contributed by atoms with van der Waals surface area (Å²) in [6, 6.07) is -1.000. The number of hydrogen-bond acceptors (Lipinski definition) is 12. The maximum absolute atomic E-state index is 14.6. The number of esters is 1. The Balaban J connectivity index is 2.11. The molecule has 15 nitrogen and oxygen atoms in total. The number of ether oxygens (including phenoxy) is 5. The van der Waals surface area contributed by atoms with Crippen molar-refractivity contribution in [1.82, 2.24) is 14.7 Å². The lowest BCUT2D eigenvalue weighted by Crippen LogP contribution is -2.61. The van der Waals surface area contributed by atoms with Crippen molar-refractivity contribution < 1.29 is 43.2 Å². The van der Waals surface area contributed by atoms with Crippen molar-refractivity contribution in [3.8, 4) is 0 Å². The number of fused-ring (bicyclic) bond motifs is 1. The van der Waals surface area contributed by atoms with E-state index >= 15 is 0 Å². The van der Waals surface area contributed by atoms with E-state index in [1.54, 1.807) is 32.8 Å². The van der Waals surface area contributed by atoms with Gasteiger partial charge in [-0.1, -0.05) is 25.9 Å². The second-order valence-electron chi connectivity index (χ2n) is 16.6. The van der Waals surface area contributed by atoms with Crippen LogP contribution in [0.25, 0.3) is 10.4 Å². The predicted molar refractivity (Wildman–Crippen MR) is 195 cm³/mol. The molecule has 298 valence electrons. The molecule has 0 spiro atoms. The summed E-state index contributed by atoms with van der Waals surface area (Å²) in [6.45, 7) is 17.7. The van der Waals surface area contributed by atoms with Gasteiger partial charge in [0.05, 0.1) is 23.9 Å². The van der Waals surface area contributed by atoms with Crippen molar-refractivity contribution in [2.24, 2.45) is 22.4 Å². The topological polar surface area (TPSA) is 176 Å². The highest BCUT2D eigenvalue weighted by molar-refractivity contribution is 6.04. The smallest absolute Gasteiger partial charge is 0.410 e. The molecule has 3 heterocycles. The van der Waals surface area contributed by atoms with Crippen LogP contribution in [0.4, 0.5) is 4.79 Å². The van der Waals surface area contributed by atoms with Gasteiger partial charge < -0.3 is 38.6 Å². The highest BCUT2D eigenvalue weighted by Gasteiger charge is 2.60. The first-order valence-electron chi connectivity index (χ1n) is 18.9. The van der Waals surface area contributed by atoms with E-state index in [4.69, 9.17) is 29.2 Å². The van der Waals surface area contributed by atoms with E-state index in [9.17, 15) is 19.5 Å². The number of nitrogens with zero attached hydrogens (tertiary/aromatic N) is 6. The zero-order chi connectivity index (χ0) is 39.3. The fourth-order valence-corrected chi connectivity index (χ4v) is 8.72. The Bertz CT molecular complexity index is 1300. The molecule has 0 saturated carbocycles. The van der Waals surface area contributed by atoms with Crippen LogP contribution in [-0.4, -0.2) is 146 Å². The van der Waals surface area contributed by atoms with E-state index in [-0.39, 0.29) is 24.1 Å². The van der Waals surface area contributed by atoms with Crippen LogP contribution in [0.5, 0.6) is 0 Å². The minimum atomic E-state index is -1.63. The third-order valence-electron chi connectivity index (χ3n) is 11.8. The van der Waals surface area contributed by atoms with Gasteiger partial charge in [-0.25, -0.2) is 4.79 Å². The van der Waals surface area contributed by atoms with Crippen LogP contribution in [-0.2, 0) is 33.3 Å². The van der Waals surface area contributed by atoms with Gasteiger partial charge in [0.2, 0.25) is 0 Å². The van der Waals surface area contributed by atoms with E-state index in [1.165, 1.54) is 0 Å². The summed E-state index contributed by atoms with van der Waals surface area (Å²) in [5.74, 6) is -2.04. The van der Waals surface area contributed by atoms with Gasteiger partial charge in [-0.2, -0.15) is 0 Å². The summed E-state index contributed by atoms with van der Waals surface area (Å²) in [5, 5.41) is 15.1. The summed E-state index contributed by atoms with van der Waals surface area (Å²) in [5.41, 5.74) is 4.78. The number of azide groups is 1. The van der Waals surface area contributed by atoms with E-state index in [2.05, 4.69) is 21.8 Å². The van der Waals surface area contributed by atoms with Crippen molar-refractivity contribution in [1.29, 1.82) is 0 Å². The molecule has 0 radical (unpaired) electrons. The van der Waals surface area contributed by atoms with Gasteiger partial charge >= 0.3 is 12.1 Å². The second kappa shape index (κ2) is 17.7. The Kier molecular flexibility index (Phi) is 15.0. The quantitative estimate of drug-likeness (QED) is 0.0815. The largest absolute Gasteiger partial charge is 0.457 e. The van der Waals surface area contributed by atoms with Crippen molar-refractivity contribution in [2.45, 2.75) is 154 Å². The molecule has 3 aliphatic rings. The van der Waals surface area contributed by atoms with Crippen LogP contribution in [0.1, 0.15) is 94.4 Å². The Labute approximate surface area is 310 Å². The number of hydrogen-bond donors (Lipinski definition) is 1. The number of Topliss-reactive ketones (excluding diaryl/α,β-unsaturated/α-hetero) is 1. The minimum absolute atomic E-state index is 0.00369. The molecular formula is C37H66N6O9. The summed E-state index contributed by atoms with van der Waals surface area (Å²) < 4.78 is 31.6. The van der Waals surface area contributed by atoms with Gasteiger partial charge in [-0.15, -0.1) is 0 Å². The predicted octanol–water partition coefficient (Wildman–Crippen LogP) is 4.79. The zero-order valence-electron chi connectivity index (χ0n) is 33.8. The number of carbonyl (C=O) groups is 3. The van der Waals surface area contributed by atoms with Crippen molar-refractivity contribution in [3.63, 3.8) is 0 Å². The SMILES string of the molecule is CC[C@H]1OC(=O)C(C)(C)C(=O)[C@H](C)[C@@H](O[C@@H]2OC(C)CC(N(C)C)C2O)[C@](C)(OC)C[C@@H](C)CN(C)[C@H](C)[C@H]2N(CCCCN=[N+]=[N-])C(=O)O[C@]12C. The van der Waals surface area contributed by atoms with E-state index in [0.29, 0.717) is 51.7 Å². The first kappa shape index (κ1) is 43.9. The Morgan fingerprint density at radius 2 is 1.75 bits per heavy atom. The third kappa shape index (κ3) is 9.22. The molecular weight excluding hydrogens is 672 g/mol. The maximum atomic E-state index is 14.6.